The van der Waals surface area contributed by atoms with Gasteiger partial charge in [0.1, 0.15) is 5.67 Å². The third-order valence-corrected chi connectivity index (χ3v) is 2.61. The molecule has 1 fully saturated rings. The lowest BCUT2D eigenvalue weighted by Gasteiger charge is -2.21. The van der Waals surface area contributed by atoms with Gasteiger partial charge in [0, 0.05) is 13.1 Å². The molecular weight excluding hydrogens is 183 g/mol. The van der Waals surface area contributed by atoms with Crippen LogP contribution in [-0.4, -0.2) is 39.5 Å². The molecule has 0 aromatic carbocycles. The molecule has 0 unspecified atom stereocenters. The van der Waals surface area contributed by atoms with Gasteiger partial charge in [-0.3, -0.25) is 0 Å². The van der Waals surface area contributed by atoms with Gasteiger partial charge in [-0.05, 0) is 6.92 Å². The van der Waals surface area contributed by atoms with E-state index in [4.69, 9.17) is 0 Å². The summed E-state index contributed by atoms with van der Waals surface area (Å²) in [5.74, 6) is 0. The zero-order valence-electron chi connectivity index (χ0n) is 7.09. The van der Waals surface area contributed by atoms with E-state index in [1.807, 2.05) is 0 Å². The zero-order chi connectivity index (χ0) is 9.41. The summed E-state index contributed by atoms with van der Waals surface area (Å²) in [5.41, 5.74) is -1.48. The van der Waals surface area contributed by atoms with Crippen LogP contribution in [0, 0.1) is 0 Å². The molecule has 0 spiro atoms. The first kappa shape index (κ1) is 9.88. The highest BCUT2D eigenvalue weighted by molar-refractivity contribution is 7.88. The van der Waals surface area contributed by atoms with Crippen LogP contribution in [-0.2, 0) is 10.0 Å². The molecule has 1 rings (SSSR count). The molecule has 0 aliphatic carbocycles. The van der Waals surface area contributed by atoms with Crippen LogP contribution in [0.3, 0.4) is 0 Å². The molecule has 0 amide bonds. The molecule has 2 atom stereocenters. The Morgan fingerprint density at radius 3 is 2.58 bits per heavy atom. The summed E-state index contributed by atoms with van der Waals surface area (Å²) < 4.78 is 37.2. The van der Waals surface area contributed by atoms with Gasteiger partial charge < -0.3 is 5.32 Å². The van der Waals surface area contributed by atoms with Crippen molar-refractivity contribution < 1.29 is 12.8 Å². The minimum Gasteiger partial charge on any atom is -0.312 e. The molecular formula is C6H13FN2O2S. The Morgan fingerprint density at radius 2 is 2.25 bits per heavy atom. The molecule has 6 heteroatoms. The van der Waals surface area contributed by atoms with E-state index in [2.05, 4.69) is 10.0 Å². The van der Waals surface area contributed by atoms with E-state index in [-0.39, 0.29) is 6.54 Å². The average molecular weight is 196 g/mol. The molecule has 0 bridgehead atoms. The van der Waals surface area contributed by atoms with Crippen molar-refractivity contribution in [2.45, 2.75) is 18.6 Å². The highest BCUT2D eigenvalue weighted by Gasteiger charge is 2.40. The molecule has 1 saturated heterocycles. The Morgan fingerprint density at radius 1 is 1.67 bits per heavy atom. The molecule has 72 valence electrons. The number of alkyl halides is 1. The fraction of sp³-hybridized carbons (Fsp3) is 1.00. The highest BCUT2D eigenvalue weighted by atomic mass is 32.2. The maximum atomic E-state index is 13.4. The first-order valence-corrected chi connectivity index (χ1v) is 5.57. The Labute approximate surface area is 71.6 Å². The maximum absolute atomic E-state index is 13.4. The van der Waals surface area contributed by atoms with Gasteiger partial charge in [-0.1, -0.05) is 0 Å². The summed E-state index contributed by atoms with van der Waals surface area (Å²) >= 11 is 0. The van der Waals surface area contributed by atoms with Gasteiger partial charge in [-0.25, -0.2) is 17.5 Å². The minimum atomic E-state index is -3.31. The topological polar surface area (TPSA) is 58.2 Å². The van der Waals surface area contributed by atoms with Gasteiger partial charge >= 0.3 is 0 Å². The summed E-state index contributed by atoms with van der Waals surface area (Å²) in [4.78, 5) is 0. The van der Waals surface area contributed by atoms with Crippen LogP contribution in [0.5, 0.6) is 0 Å². The Bertz CT molecular complexity index is 263. The highest BCUT2D eigenvalue weighted by Crippen LogP contribution is 2.19. The van der Waals surface area contributed by atoms with E-state index in [1.54, 1.807) is 0 Å². The molecule has 4 nitrogen and oxygen atoms in total. The normalized spacial score (nSPS) is 37.1. The van der Waals surface area contributed by atoms with Gasteiger partial charge in [0.2, 0.25) is 10.0 Å². The third kappa shape index (κ3) is 2.40. The second kappa shape index (κ2) is 2.93. The smallest absolute Gasteiger partial charge is 0.209 e. The lowest BCUT2D eigenvalue weighted by Crippen LogP contribution is -2.46. The van der Waals surface area contributed by atoms with Crippen LogP contribution in [0.1, 0.15) is 6.92 Å². The molecule has 0 radical (unpaired) electrons. The predicted octanol–water partition coefficient (Wildman–Crippen LogP) is -0.764. The van der Waals surface area contributed by atoms with Crippen LogP contribution in [0.2, 0.25) is 0 Å². The number of nitrogens with one attached hydrogen (secondary N) is 2. The van der Waals surface area contributed by atoms with Gasteiger partial charge in [-0.2, -0.15) is 0 Å². The number of sulfonamides is 1. The van der Waals surface area contributed by atoms with Crippen molar-refractivity contribution in [3.05, 3.63) is 0 Å². The summed E-state index contributed by atoms with van der Waals surface area (Å²) in [6, 6.07) is -0.646. The van der Waals surface area contributed by atoms with Crippen LogP contribution in [0.15, 0.2) is 0 Å². The fourth-order valence-electron chi connectivity index (χ4n) is 1.22. The molecule has 0 aromatic rings. The average Bonchev–Trinajstić information content (AvgIpc) is 2.07. The summed E-state index contributed by atoms with van der Waals surface area (Å²) in [5, 5.41) is 2.78. The Balaban J connectivity index is 2.65. The van der Waals surface area contributed by atoms with Crippen molar-refractivity contribution in [3.8, 4) is 0 Å². The second-order valence-corrected chi connectivity index (χ2v) is 5.13. The molecule has 0 aromatic heterocycles. The second-order valence-electron chi connectivity index (χ2n) is 3.35. The largest absolute Gasteiger partial charge is 0.312 e. The first-order valence-electron chi connectivity index (χ1n) is 3.68. The van der Waals surface area contributed by atoms with Crippen molar-refractivity contribution in [2.24, 2.45) is 0 Å². The van der Waals surface area contributed by atoms with Gasteiger partial charge in [0.25, 0.3) is 0 Å². The molecule has 12 heavy (non-hydrogen) atoms. The molecule has 1 heterocycles. The van der Waals surface area contributed by atoms with Crippen LogP contribution in [0.25, 0.3) is 0 Å². The van der Waals surface area contributed by atoms with Crippen molar-refractivity contribution >= 4 is 10.0 Å². The lowest BCUT2D eigenvalue weighted by molar-refractivity contribution is 0.185. The molecule has 1 aliphatic rings. The number of rotatable bonds is 2. The fourth-order valence-corrected chi connectivity index (χ4v) is 2.07. The van der Waals surface area contributed by atoms with E-state index < -0.39 is 21.7 Å². The Hall–Kier alpha value is -0.200. The van der Waals surface area contributed by atoms with E-state index in [0.29, 0.717) is 6.54 Å². The summed E-state index contributed by atoms with van der Waals surface area (Å²) in [7, 11) is -3.31. The van der Waals surface area contributed by atoms with E-state index in [0.717, 1.165) is 6.26 Å². The number of hydrogen-bond donors (Lipinski definition) is 2. The van der Waals surface area contributed by atoms with Crippen molar-refractivity contribution in [1.82, 2.24) is 10.0 Å². The predicted molar refractivity (Wildman–Crippen MR) is 44.2 cm³/mol. The Kier molecular flexibility index (Phi) is 2.42. The SMILES string of the molecule is C[C@]1(F)CNC[C@H]1NS(C)(=O)=O. The van der Waals surface area contributed by atoms with E-state index >= 15 is 0 Å². The monoisotopic (exact) mass is 196 g/mol. The number of halogens is 1. The number of hydrogen-bond acceptors (Lipinski definition) is 3. The van der Waals surface area contributed by atoms with Crippen molar-refractivity contribution in [2.75, 3.05) is 19.3 Å². The standard InChI is InChI=1S/C6H13FN2O2S/c1-6(7)4-8-3-5(6)9-12(2,10)11/h5,8-9H,3-4H2,1-2H3/t5-,6+/m1/s1. The summed E-state index contributed by atoms with van der Waals surface area (Å²) in [6.07, 6.45) is 1.03. The first-order chi connectivity index (χ1) is 5.31. The van der Waals surface area contributed by atoms with Crippen molar-refractivity contribution in [1.29, 1.82) is 0 Å². The van der Waals surface area contributed by atoms with Crippen LogP contribution >= 0.6 is 0 Å². The maximum Gasteiger partial charge on any atom is 0.209 e. The minimum absolute atomic E-state index is 0.195. The van der Waals surface area contributed by atoms with Gasteiger partial charge in [0.05, 0.1) is 12.3 Å². The quantitative estimate of drug-likeness (QED) is 0.610. The van der Waals surface area contributed by atoms with E-state index in [1.165, 1.54) is 6.92 Å². The third-order valence-electron chi connectivity index (χ3n) is 1.90. The molecule has 0 saturated carbocycles. The van der Waals surface area contributed by atoms with Crippen molar-refractivity contribution in [3.63, 3.8) is 0 Å². The molecule has 2 N–H and O–H groups in total. The molecule has 1 aliphatic heterocycles. The van der Waals surface area contributed by atoms with Crippen LogP contribution in [0.4, 0.5) is 4.39 Å². The van der Waals surface area contributed by atoms with E-state index in [9.17, 15) is 12.8 Å². The van der Waals surface area contributed by atoms with Gasteiger partial charge in [-0.15, -0.1) is 0 Å². The zero-order valence-corrected chi connectivity index (χ0v) is 7.91. The lowest BCUT2D eigenvalue weighted by atomic mass is 10.0. The van der Waals surface area contributed by atoms with Crippen LogP contribution < -0.4 is 10.0 Å². The summed E-state index contributed by atoms with van der Waals surface area (Å²) in [6.45, 7) is 1.93. The van der Waals surface area contributed by atoms with Gasteiger partial charge in [0.15, 0.2) is 0 Å².